The maximum absolute atomic E-state index is 12.6. The van der Waals surface area contributed by atoms with Crippen LogP contribution in [-0.2, 0) is 6.18 Å². The number of aromatic hydroxyl groups is 1. The Balaban J connectivity index is 1.44. The summed E-state index contributed by atoms with van der Waals surface area (Å²) in [6, 6.07) is 13.7. The van der Waals surface area contributed by atoms with Crippen LogP contribution in [0.25, 0.3) is 10.9 Å². The number of H-pyrrole nitrogens is 1. The fourth-order valence-electron chi connectivity index (χ4n) is 2.83. The number of nitrogens with zero attached hydrogens (tertiary/aromatic N) is 1. The molecule has 0 spiro atoms. The molecule has 0 saturated heterocycles. The third-order valence-electron chi connectivity index (χ3n) is 4.35. The lowest BCUT2D eigenvalue weighted by Gasteiger charge is -2.10. The van der Waals surface area contributed by atoms with Gasteiger partial charge >= 0.3 is 6.18 Å². The number of anilines is 1. The smallest absolute Gasteiger partial charge is 0.416 e. The molecule has 0 aliphatic carbocycles. The van der Waals surface area contributed by atoms with E-state index in [1.54, 1.807) is 36.5 Å². The fourth-order valence-corrected chi connectivity index (χ4v) is 2.83. The lowest BCUT2D eigenvalue weighted by molar-refractivity contribution is -0.137. The van der Waals surface area contributed by atoms with Gasteiger partial charge in [-0.3, -0.25) is 9.89 Å². The Labute approximate surface area is 167 Å². The second-order valence-corrected chi connectivity index (χ2v) is 6.39. The number of phenols is 1. The highest BCUT2D eigenvalue weighted by Crippen LogP contribution is 2.32. The van der Waals surface area contributed by atoms with Crippen molar-refractivity contribution in [1.82, 2.24) is 10.2 Å². The molecule has 0 aliphatic heterocycles. The summed E-state index contributed by atoms with van der Waals surface area (Å²) < 4.78 is 43.3. The minimum Gasteiger partial charge on any atom is -0.505 e. The average molecular weight is 413 g/mol. The Bertz CT molecular complexity index is 1200. The van der Waals surface area contributed by atoms with Crippen LogP contribution in [0.3, 0.4) is 0 Å². The number of hydrogen-bond donors (Lipinski definition) is 3. The van der Waals surface area contributed by atoms with Crippen molar-refractivity contribution in [3.8, 4) is 17.2 Å². The highest BCUT2D eigenvalue weighted by Gasteiger charge is 2.30. The van der Waals surface area contributed by atoms with Crippen LogP contribution in [-0.4, -0.2) is 21.2 Å². The average Bonchev–Trinajstić information content (AvgIpc) is 3.19. The number of benzene rings is 3. The normalized spacial score (nSPS) is 11.4. The van der Waals surface area contributed by atoms with E-state index in [1.807, 2.05) is 0 Å². The number of carbonyl (C=O) groups is 1. The van der Waals surface area contributed by atoms with Crippen LogP contribution in [0.1, 0.15) is 15.9 Å². The van der Waals surface area contributed by atoms with Gasteiger partial charge in [-0.05, 0) is 54.6 Å². The molecule has 3 aromatic carbocycles. The first-order valence-electron chi connectivity index (χ1n) is 8.73. The van der Waals surface area contributed by atoms with E-state index in [9.17, 15) is 23.1 Å². The van der Waals surface area contributed by atoms with E-state index in [2.05, 4.69) is 15.5 Å². The summed E-state index contributed by atoms with van der Waals surface area (Å²) in [5.74, 6) is -0.118. The van der Waals surface area contributed by atoms with Crippen molar-refractivity contribution in [3.05, 3.63) is 78.0 Å². The summed E-state index contributed by atoms with van der Waals surface area (Å²) >= 11 is 0. The summed E-state index contributed by atoms with van der Waals surface area (Å²) in [7, 11) is 0. The fraction of sp³-hybridized carbons (Fsp3) is 0.0476. The molecule has 1 aromatic heterocycles. The van der Waals surface area contributed by atoms with Crippen molar-refractivity contribution < 1.29 is 27.8 Å². The van der Waals surface area contributed by atoms with Gasteiger partial charge in [-0.15, -0.1) is 0 Å². The Morgan fingerprint density at radius 1 is 0.967 bits per heavy atom. The molecule has 0 aliphatic rings. The predicted octanol–water partition coefficient (Wildman–Crippen LogP) is 5.33. The number of carbonyl (C=O) groups excluding carboxylic acids is 1. The Morgan fingerprint density at radius 2 is 1.60 bits per heavy atom. The van der Waals surface area contributed by atoms with Gasteiger partial charge in [0.25, 0.3) is 5.91 Å². The van der Waals surface area contributed by atoms with E-state index in [0.29, 0.717) is 22.3 Å². The standard InChI is InChI=1S/C21H14F3N3O3/c22-21(23,24)13-2-6-15(7-3-13)30-16-8-4-14(5-9-16)26-20(29)17-10-1-12-11-25-27-18(12)19(17)28/h1-11,28H,(H,25,27)(H,26,29). The Morgan fingerprint density at radius 3 is 2.23 bits per heavy atom. The zero-order valence-electron chi connectivity index (χ0n) is 15.2. The number of aromatic amines is 1. The number of nitrogens with one attached hydrogen (secondary N) is 2. The minimum atomic E-state index is -4.41. The van der Waals surface area contributed by atoms with Gasteiger partial charge in [0.15, 0.2) is 5.75 Å². The van der Waals surface area contributed by atoms with E-state index >= 15 is 0 Å². The number of halogens is 3. The predicted molar refractivity (Wildman–Crippen MR) is 104 cm³/mol. The quantitative estimate of drug-likeness (QED) is 0.422. The van der Waals surface area contributed by atoms with E-state index in [-0.39, 0.29) is 17.1 Å². The largest absolute Gasteiger partial charge is 0.505 e. The zero-order chi connectivity index (χ0) is 21.3. The molecule has 0 unspecified atom stereocenters. The molecule has 152 valence electrons. The maximum Gasteiger partial charge on any atom is 0.416 e. The highest BCUT2D eigenvalue weighted by atomic mass is 19.4. The molecule has 0 bridgehead atoms. The third-order valence-corrected chi connectivity index (χ3v) is 4.35. The number of ether oxygens (including phenoxy) is 1. The van der Waals surface area contributed by atoms with Gasteiger partial charge in [0.05, 0.1) is 11.1 Å². The van der Waals surface area contributed by atoms with Gasteiger partial charge in [-0.2, -0.15) is 18.3 Å². The molecular weight excluding hydrogens is 399 g/mol. The monoisotopic (exact) mass is 413 g/mol. The summed E-state index contributed by atoms with van der Waals surface area (Å²) in [6.07, 6.45) is -2.80. The molecule has 1 heterocycles. The second-order valence-electron chi connectivity index (χ2n) is 6.39. The summed E-state index contributed by atoms with van der Waals surface area (Å²) in [4.78, 5) is 12.5. The van der Waals surface area contributed by atoms with Gasteiger partial charge in [0, 0.05) is 17.3 Å². The number of phenolic OH excluding ortho intramolecular Hbond substituents is 1. The Hall–Kier alpha value is -4.01. The lowest BCUT2D eigenvalue weighted by atomic mass is 10.1. The van der Waals surface area contributed by atoms with Crippen molar-refractivity contribution >= 4 is 22.5 Å². The molecular formula is C21H14F3N3O3. The number of rotatable bonds is 4. The first-order valence-corrected chi connectivity index (χ1v) is 8.73. The Kier molecular flexibility index (Phi) is 4.78. The van der Waals surface area contributed by atoms with E-state index in [4.69, 9.17) is 4.74 Å². The van der Waals surface area contributed by atoms with Crippen molar-refractivity contribution in [2.75, 3.05) is 5.32 Å². The molecule has 0 radical (unpaired) electrons. The molecule has 30 heavy (non-hydrogen) atoms. The van der Waals surface area contributed by atoms with Gasteiger partial charge < -0.3 is 15.2 Å². The van der Waals surface area contributed by atoms with Crippen molar-refractivity contribution in [1.29, 1.82) is 0 Å². The van der Waals surface area contributed by atoms with Crippen LogP contribution >= 0.6 is 0 Å². The lowest BCUT2D eigenvalue weighted by Crippen LogP contribution is -2.12. The van der Waals surface area contributed by atoms with Crippen LogP contribution in [0.2, 0.25) is 0 Å². The van der Waals surface area contributed by atoms with Crippen LogP contribution in [0.15, 0.2) is 66.9 Å². The summed E-state index contributed by atoms with van der Waals surface area (Å²) in [5, 5.41) is 20.1. The number of amides is 1. The van der Waals surface area contributed by atoms with Crippen LogP contribution in [0, 0.1) is 0 Å². The van der Waals surface area contributed by atoms with Crippen LogP contribution in [0.5, 0.6) is 17.2 Å². The molecule has 0 atom stereocenters. The molecule has 4 aromatic rings. The van der Waals surface area contributed by atoms with Crippen LogP contribution < -0.4 is 10.1 Å². The molecule has 0 fully saturated rings. The molecule has 0 saturated carbocycles. The second kappa shape index (κ2) is 7.43. The van der Waals surface area contributed by atoms with Gasteiger partial charge in [-0.1, -0.05) is 6.07 Å². The van der Waals surface area contributed by atoms with Crippen molar-refractivity contribution in [3.63, 3.8) is 0 Å². The topological polar surface area (TPSA) is 87.2 Å². The molecule has 4 rings (SSSR count). The van der Waals surface area contributed by atoms with Crippen molar-refractivity contribution in [2.24, 2.45) is 0 Å². The van der Waals surface area contributed by atoms with Crippen molar-refractivity contribution in [2.45, 2.75) is 6.18 Å². The summed E-state index contributed by atoms with van der Waals surface area (Å²) in [6.45, 7) is 0. The van der Waals surface area contributed by atoms with Gasteiger partial charge in [0.1, 0.15) is 17.0 Å². The van der Waals surface area contributed by atoms with E-state index in [1.165, 1.54) is 18.2 Å². The number of aromatic nitrogens is 2. The van der Waals surface area contributed by atoms with E-state index in [0.717, 1.165) is 12.1 Å². The number of fused-ring (bicyclic) bond motifs is 1. The molecule has 3 N–H and O–H groups in total. The summed E-state index contributed by atoms with van der Waals surface area (Å²) in [5.41, 5.74) is 0.0492. The first kappa shape index (κ1) is 19.3. The zero-order valence-corrected chi connectivity index (χ0v) is 15.2. The number of alkyl halides is 3. The van der Waals surface area contributed by atoms with Gasteiger partial charge in [-0.25, -0.2) is 0 Å². The maximum atomic E-state index is 12.6. The SMILES string of the molecule is O=C(Nc1ccc(Oc2ccc(C(F)(F)F)cc2)cc1)c1ccc2c[nH]nc2c1O. The first-order chi connectivity index (χ1) is 14.3. The number of hydrogen-bond acceptors (Lipinski definition) is 4. The van der Waals surface area contributed by atoms with E-state index < -0.39 is 17.6 Å². The minimum absolute atomic E-state index is 0.0691. The molecule has 6 nitrogen and oxygen atoms in total. The van der Waals surface area contributed by atoms with Gasteiger partial charge in [0.2, 0.25) is 0 Å². The van der Waals surface area contributed by atoms with Crippen LogP contribution in [0.4, 0.5) is 18.9 Å². The third kappa shape index (κ3) is 3.90. The molecule has 1 amide bonds. The molecule has 9 heteroatoms. The highest BCUT2D eigenvalue weighted by molar-refractivity contribution is 6.09.